The third kappa shape index (κ3) is 2.71. The molecule has 0 fully saturated rings. The van der Waals surface area contributed by atoms with Crippen molar-refractivity contribution in [2.45, 2.75) is 18.7 Å². The number of rotatable bonds is 3. The molecule has 2 aromatic heterocycles. The largest absolute Gasteiger partial charge is 0.444 e. The molecule has 0 spiro atoms. The van der Waals surface area contributed by atoms with Crippen LogP contribution >= 0.6 is 15.9 Å². The third-order valence-electron chi connectivity index (χ3n) is 2.26. The number of aryl methyl sites for hydroxylation is 2. The van der Waals surface area contributed by atoms with Crippen LogP contribution in [0.15, 0.2) is 30.6 Å². The van der Waals surface area contributed by atoms with Gasteiger partial charge in [0.15, 0.2) is 21.1 Å². The fraction of sp³-hybridized carbons (Fsp3) is 0.200. The Labute approximate surface area is 117 Å². The van der Waals surface area contributed by atoms with E-state index in [9.17, 15) is 13.2 Å². The van der Waals surface area contributed by atoms with Crippen LogP contribution in [0.4, 0.5) is 0 Å². The Hall–Kier alpha value is -1.61. The molecule has 0 saturated heterocycles. The fourth-order valence-electron chi connectivity index (χ4n) is 1.52. The van der Waals surface area contributed by atoms with Crippen LogP contribution in [0.3, 0.4) is 0 Å². The van der Waals surface area contributed by atoms with Gasteiger partial charge in [0.05, 0.1) is 0 Å². The topological polar surface area (TPSA) is 102 Å². The molecule has 1 N–H and O–H groups in total. The van der Waals surface area contributed by atoms with Gasteiger partial charge in [0.25, 0.3) is 10.0 Å². The molecule has 19 heavy (non-hydrogen) atoms. The van der Waals surface area contributed by atoms with Crippen molar-refractivity contribution in [2.75, 3.05) is 0 Å². The maximum atomic E-state index is 12.0. The molecule has 0 unspecified atom stereocenters. The third-order valence-corrected chi connectivity index (χ3v) is 4.26. The fourth-order valence-corrected chi connectivity index (χ4v) is 3.11. The van der Waals surface area contributed by atoms with Gasteiger partial charge < -0.3 is 8.94 Å². The highest BCUT2D eigenvalue weighted by Gasteiger charge is 2.27. The summed E-state index contributed by atoms with van der Waals surface area (Å²) in [5.74, 6) is -0.883. The van der Waals surface area contributed by atoms with E-state index in [4.69, 9.17) is 8.94 Å². The molecule has 2 heterocycles. The van der Waals surface area contributed by atoms with E-state index in [1.807, 2.05) is 4.72 Å². The van der Waals surface area contributed by atoms with Gasteiger partial charge in [0, 0.05) is 0 Å². The Balaban J connectivity index is 2.30. The van der Waals surface area contributed by atoms with Crippen LogP contribution in [0.2, 0.25) is 0 Å². The number of halogens is 1. The first-order valence-corrected chi connectivity index (χ1v) is 7.34. The summed E-state index contributed by atoms with van der Waals surface area (Å²) < 4.78 is 36.0. The molecule has 102 valence electrons. The highest BCUT2D eigenvalue weighted by molar-refractivity contribution is 9.10. The van der Waals surface area contributed by atoms with E-state index < -0.39 is 15.9 Å². The minimum Gasteiger partial charge on any atom is -0.444 e. The molecule has 2 rings (SSSR count). The van der Waals surface area contributed by atoms with Gasteiger partial charge in [-0.25, -0.2) is 13.1 Å². The predicted octanol–water partition coefficient (Wildman–Crippen LogP) is 1.77. The van der Waals surface area contributed by atoms with Crippen LogP contribution in [0.5, 0.6) is 0 Å². The summed E-state index contributed by atoms with van der Waals surface area (Å²) in [6, 6.07) is 2.83. The number of sulfonamides is 1. The molecular weight excluding hydrogens is 340 g/mol. The summed E-state index contributed by atoms with van der Waals surface area (Å²) in [6.45, 7) is 2.92. The molecule has 0 aliphatic rings. The molecule has 0 aliphatic carbocycles. The van der Waals surface area contributed by atoms with Crippen molar-refractivity contribution in [1.29, 1.82) is 0 Å². The lowest BCUT2D eigenvalue weighted by molar-refractivity contribution is 0.0953. The van der Waals surface area contributed by atoms with E-state index in [-0.39, 0.29) is 22.1 Å². The molecule has 0 bridgehead atoms. The Bertz CT molecular complexity index is 711. The van der Waals surface area contributed by atoms with Gasteiger partial charge >= 0.3 is 5.91 Å². The minimum atomic E-state index is -4.05. The number of hydrogen-bond donors (Lipinski definition) is 1. The highest BCUT2D eigenvalue weighted by atomic mass is 79.9. The van der Waals surface area contributed by atoms with Crippen LogP contribution in [-0.2, 0) is 10.0 Å². The highest BCUT2D eigenvalue weighted by Crippen LogP contribution is 2.19. The number of carbonyl (C=O) groups excluding carboxylic acids is 1. The molecule has 0 aromatic carbocycles. The van der Waals surface area contributed by atoms with Crippen molar-refractivity contribution < 1.29 is 22.2 Å². The standard InChI is InChI=1S/C10H9BrN2O5S/c1-5-9(6(2)18-12-5)19(15,16)13-10(14)7-3-4-8(11)17-7/h3-4H,1-2H3,(H,13,14). The Kier molecular flexibility index (Phi) is 3.50. The zero-order chi connectivity index (χ0) is 14.2. The van der Waals surface area contributed by atoms with Crippen molar-refractivity contribution in [3.63, 3.8) is 0 Å². The van der Waals surface area contributed by atoms with Crippen molar-refractivity contribution in [1.82, 2.24) is 9.88 Å². The maximum absolute atomic E-state index is 12.0. The number of amides is 1. The van der Waals surface area contributed by atoms with Crippen LogP contribution in [-0.4, -0.2) is 19.5 Å². The van der Waals surface area contributed by atoms with Crippen LogP contribution in [0.1, 0.15) is 22.0 Å². The van der Waals surface area contributed by atoms with E-state index >= 15 is 0 Å². The number of aromatic nitrogens is 1. The lowest BCUT2D eigenvalue weighted by Crippen LogP contribution is -2.30. The van der Waals surface area contributed by atoms with Crippen LogP contribution < -0.4 is 4.72 Å². The van der Waals surface area contributed by atoms with Crippen molar-refractivity contribution in [3.05, 3.63) is 34.0 Å². The molecule has 2 aromatic rings. The number of hydrogen-bond acceptors (Lipinski definition) is 6. The molecule has 1 amide bonds. The van der Waals surface area contributed by atoms with Gasteiger partial charge in [-0.1, -0.05) is 5.16 Å². The summed E-state index contributed by atoms with van der Waals surface area (Å²) >= 11 is 3.02. The zero-order valence-electron chi connectivity index (χ0n) is 9.93. The summed E-state index contributed by atoms with van der Waals surface area (Å²) in [5, 5.41) is 3.53. The first-order valence-electron chi connectivity index (χ1n) is 5.06. The second kappa shape index (κ2) is 4.82. The molecule has 0 saturated carbocycles. The number of carbonyl (C=O) groups is 1. The Morgan fingerprint density at radius 1 is 1.37 bits per heavy atom. The lowest BCUT2D eigenvalue weighted by Gasteiger charge is -2.04. The monoisotopic (exact) mass is 348 g/mol. The van der Waals surface area contributed by atoms with Gasteiger partial charge in [-0.05, 0) is 41.9 Å². The Morgan fingerprint density at radius 3 is 2.53 bits per heavy atom. The molecule has 0 aliphatic heterocycles. The van der Waals surface area contributed by atoms with Crippen molar-refractivity contribution in [2.24, 2.45) is 0 Å². The van der Waals surface area contributed by atoms with Gasteiger partial charge in [-0.2, -0.15) is 0 Å². The van der Waals surface area contributed by atoms with E-state index in [2.05, 4.69) is 21.1 Å². The summed E-state index contributed by atoms with van der Waals surface area (Å²) in [4.78, 5) is 11.6. The number of furan rings is 1. The van der Waals surface area contributed by atoms with Crippen molar-refractivity contribution in [3.8, 4) is 0 Å². The summed E-state index contributed by atoms with van der Waals surface area (Å²) in [5.41, 5.74) is 0.179. The summed E-state index contributed by atoms with van der Waals surface area (Å²) in [6.07, 6.45) is 0. The molecule has 7 nitrogen and oxygen atoms in total. The molecular formula is C10H9BrN2O5S. The second-order valence-electron chi connectivity index (χ2n) is 3.69. The smallest absolute Gasteiger partial charge is 0.300 e. The quantitative estimate of drug-likeness (QED) is 0.906. The normalized spacial score (nSPS) is 11.5. The van der Waals surface area contributed by atoms with Crippen LogP contribution in [0.25, 0.3) is 0 Å². The SMILES string of the molecule is Cc1noc(C)c1S(=O)(=O)NC(=O)c1ccc(Br)o1. The van der Waals surface area contributed by atoms with Gasteiger partial charge in [-0.3, -0.25) is 4.79 Å². The molecule has 0 radical (unpaired) electrons. The van der Waals surface area contributed by atoms with Crippen LogP contribution in [0, 0.1) is 13.8 Å². The predicted molar refractivity (Wildman–Crippen MR) is 67.0 cm³/mol. The second-order valence-corrected chi connectivity index (χ2v) is 6.09. The van der Waals surface area contributed by atoms with Gasteiger partial charge in [-0.15, -0.1) is 0 Å². The molecule has 9 heteroatoms. The zero-order valence-corrected chi connectivity index (χ0v) is 12.3. The number of nitrogens with zero attached hydrogens (tertiary/aromatic N) is 1. The van der Waals surface area contributed by atoms with E-state index in [1.54, 1.807) is 0 Å². The first-order chi connectivity index (χ1) is 8.81. The average molecular weight is 349 g/mol. The number of nitrogens with one attached hydrogen (secondary N) is 1. The summed E-state index contributed by atoms with van der Waals surface area (Å²) in [7, 11) is -4.05. The Morgan fingerprint density at radius 2 is 2.05 bits per heavy atom. The first kappa shape index (κ1) is 13.8. The lowest BCUT2D eigenvalue weighted by atomic mass is 10.4. The van der Waals surface area contributed by atoms with E-state index in [0.29, 0.717) is 4.67 Å². The minimum absolute atomic E-state index is 0.110. The maximum Gasteiger partial charge on any atom is 0.300 e. The van der Waals surface area contributed by atoms with Crippen molar-refractivity contribution >= 4 is 31.9 Å². The average Bonchev–Trinajstić information content (AvgIpc) is 2.85. The van der Waals surface area contributed by atoms with E-state index in [1.165, 1.54) is 26.0 Å². The van der Waals surface area contributed by atoms with E-state index in [0.717, 1.165) is 0 Å². The van der Waals surface area contributed by atoms with Gasteiger partial charge in [0.2, 0.25) is 0 Å². The molecule has 0 atom stereocenters. The van der Waals surface area contributed by atoms with Gasteiger partial charge in [0.1, 0.15) is 5.69 Å².